The first kappa shape index (κ1) is 15.8. The molecule has 2 heterocycles. The lowest BCUT2D eigenvalue weighted by Crippen LogP contribution is -2.28. The van der Waals surface area contributed by atoms with Crippen LogP contribution < -0.4 is 5.32 Å². The predicted octanol–water partition coefficient (Wildman–Crippen LogP) is 1.93. The van der Waals surface area contributed by atoms with Gasteiger partial charge in [-0.2, -0.15) is 0 Å². The van der Waals surface area contributed by atoms with Crippen molar-refractivity contribution < 1.29 is 24.2 Å². The molecule has 0 unspecified atom stereocenters. The van der Waals surface area contributed by atoms with Crippen LogP contribution >= 0.6 is 0 Å². The largest absolute Gasteiger partial charge is 0.475 e. The van der Waals surface area contributed by atoms with Crippen molar-refractivity contribution in [1.29, 1.82) is 0 Å². The molecular formula is C17H16N2O5. The number of amides is 1. The molecule has 0 radical (unpaired) electrons. The Morgan fingerprint density at radius 3 is 2.71 bits per heavy atom. The molecule has 3 rings (SSSR count). The van der Waals surface area contributed by atoms with Crippen LogP contribution in [0.1, 0.15) is 19.4 Å². The highest BCUT2D eigenvalue weighted by atomic mass is 16.7. The maximum atomic E-state index is 12.2. The van der Waals surface area contributed by atoms with E-state index < -0.39 is 23.4 Å². The number of hydrogen-bond donors (Lipinski definition) is 2. The fourth-order valence-electron chi connectivity index (χ4n) is 2.39. The van der Waals surface area contributed by atoms with Crippen molar-refractivity contribution in [2.75, 3.05) is 0 Å². The lowest BCUT2D eigenvalue weighted by molar-refractivity contribution is -0.151. The Kier molecular flexibility index (Phi) is 3.84. The van der Waals surface area contributed by atoms with Crippen molar-refractivity contribution in [3.8, 4) is 0 Å². The number of carbonyl (C=O) groups excluding carboxylic acids is 1. The smallest absolute Gasteiger partial charge is 0.375 e. The molecule has 0 atom stereocenters. The van der Waals surface area contributed by atoms with Crippen molar-refractivity contribution >= 4 is 22.8 Å². The Hall–Kier alpha value is -3.09. The third-order valence-electron chi connectivity index (χ3n) is 3.42. The number of nitrogens with zero attached hydrogens (tertiary/aromatic N) is 1. The van der Waals surface area contributed by atoms with Gasteiger partial charge in [-0.1, -0.05) is 12.1 Å². The summed E-state index contributed by atoms with van der Waals surface area (Å²) >= 11 is 0. The van der Waals surface area contributed by atoms with Crippen LogP contribution in [0.3, 0.4) is 0 Å². The van der Waals surface area contributed by atoms with Crippen LogP contribution in [0.25, 0.3) is 10.9 Å². The number of carbonyl (C=O) groups is 2. The zero-order chi connectivity index (χ0) is 17.3. The van der Waals surface area contributed by atoms with E-state index >= 15 is 0 Å². The molecule has 1 aliphatic heterocycles. The minimum absolute atomic E-state index is 0.226. The molecule has 0 saturated carbocycles. The summed E-state index contributed by atoms with van der Waals surface area (Å²) < 4.78 is 10.4. The number of benzene rings is 1. The van der Waals surface area contributed by atoms with Gasteiger partial charge in [0, 0.05) is 32.0 Å². The van der Waals surface area contributed by atoms with Crippen molar-refractivity contribution in [1.82, 2.24) is 10.3 Å². The standard InChI is InChI=1S/C17H16N2O5/c1-17(2)23-13(14(24-17)16(21)22)15(20)19-9-10-5-6-12-11(8-10)4-3-7-18-12/h3-8H,9H2,1-2H3,(H,19,20)(H,21,22). The minimum Gasteiger partial charge on any atom is -0.475 e. The van der Waals surface area contributed by atoms with Crippen LogP contribution in [0, 0.1) is 0 Å². The number of aromatic nitrogens is 1. The second kappa shape index (κ2) is 5.84. The van der Waals surface area contributed by atoms with Gasteiger partial charge >= 0.3 is 5.97 Å². The molecule has 1 aromatic carbocycles. The van der Waals surface area contributed by atoms with E-state index in [4.69, 9.17) is 14.6 Å². The Morgan fingerprint density at radius 2 is 1.96 bits per heavy atom. The summed E-state index contributed by atoms with van der Waals surface area (Å²) in [5, 5.41) is 12.7. The topological polar surface area (TPSA) is 97.8 Å². The van der Waals surface area contributed by atoms with Crippen molar-refractivity contribution in [3.05, 3.63) is 53.6 Å². The van der Waals surface area contributed by atoms with Gasteiger partial charge in [0.05, 0.1) is 5.52 Å². The van der Waals surface area contributed by atoms with Crippen LogP contribution in [-0.2, 0) is 25.6 Å². The van der Waals surface area contributed by atoms with E-state index in [1.165, 1.54) is 13.8 Å². The van der Waals surface area contributed by atoms with Crippen LogP contribution in [-0.4, -0.2) is 27.8 Å². The third-order valence-corrected chi connectivity index (χ3v) is 3.42. The summed E-state index contributed by atoms with van der Waals surface area (Å²) in [6.07, 6.45) is 1.71. The summed E-state index contributed by atoms with van der Waals surface area (Å²) in [6, 6.07) is 9.37. The minimum atomic E-state index is -1.34. The molecule has 24 heavy (non-hydrogen) atoms. The van der Waals surface area contributed by atoms with Gasteiger partial charge in [0.1, 0.15) is 0 Å². The molecule has 0 bridgehead atoms. The number of nitrogens with one attached hydrogen (secondary N) is 1. The van der Waals surface area contributed by atoms with Gasteiger partial charge in [0.25, 0.3) is 11.7 Å². The normalized spacial score (nSPS) is 15.8. The Labute approximate surface area is 137 Å². The molecule has 0 aliphatic carbocycles. The van der Waals surface area contributed by atoms with Crippen LogP contribution in [0.15, 0.2) is 48.0 Å². The molecule has 1 aromatic heterocycles. The van der Waals surface area contributed by atoms with E-state index in [0.717, 1.165) is 16.5 Å². The SMILES string of the molecule is CC1(C)OC(C(=O)O)=C(C(=O)NCc2ccc3ncccc3c2)O1. The van der Waals surface area contributed by atoms with E-state index in [1.54, 1.807) is 6.20 Å². The Balaban J connectivity index is 1.74. The summed E-state index contributed by atoms with van der Waals surface area (Å²) in [6.45, 7) is 3.29. The fourth-order valence-corrected chi connectivity index (χ4v) is 2.39. The quantitative estimate of drug-likeness (QED) is 0.890. The molecule has 1 amide bonds. The molecule has 7 nitrogen and oxygen atoms in total. The first-order valence-electron chi connectivity index (χ1n) is 7.33. The number of hydrogen-bond acceptors (Lipinski definition) is 5. The first-order valence-corrected chi connectivity index (χ1v) is 7.33. The maximum absolute atomic E-state index is 12.2. The Bertz CT molecular complexity index is 857. The average molecular weight is 328 g/mol. The maximum Gasteiger partial charge on any atom is 0.375 e. The summed E-state index contributed by atoms with van der Waals surface area (Å²) in [4.78, 5) is 27.6. The van der Waals surface area contributed by atoms with Gasteiger partial charge < -0.3 is 19.9 Å². The van der Waals surface area contributed by atoms with Crippen LogP contribution in [0.5, 0.6) is 0 Å². The van der Waals surface area contributed by atoms with E-state index in [0.29, 0.717) is 0 Å². The van der Waals surface area contributed by atoms with Gasteiger partial charge in [-0.15, -0.1) is 0 Å². The monoisotopic (exact) mass is 328 g/mol. The van der Waals surface area contributed by atoms with Gasteiger partial charge in [-0.3, -0.25) is 9.78 Å². The highest BCUT2D eigenvalue weighted by Crippen LogP contribution is 2.30. The van der Waals surface area contributed by atoms with Crippen molar-refractivity contribution in [2.45, 2.75) is 26.2 Å². The lowest BCUT2D eigenvalue weighted by atomic mass is 10.1. The number of pyridine rings is 1. The molecular weight excluding hydrogens is 312 g/mol. The second-order valence-corrected chi connectivity index (χ2v) is 5.78. The number of fused-ring (bicyclic) bond motifs is 1. The third kappa shape index (κ3) is 3.15. The fraction of sp³-hybridized carbons (Fsp3) is 0.235. The second-order valence-electron chi connectivity index (χ2n) is 5.78. The molecule has 7 heteroatoms. The number of ether oxygens (including phenoxy) is 2. The van der Waals surface area contributed by atoms with Crippen molar-refractivity contribution in [2.24, 2.45) is 0 Å². The molecule has 0 fully saturated rings. The van der Waals surface area contributed by atoms with Crippen LogP contribution in [0.4, 0.5) is 0 Å². The summed E-state index contributed by atoms with van der Waals surface area (Å²) in [5.41, 5.74) is 1.72. The van der Waals surface area contributed by atoms with E-state index in [1.807, 2.05) is 30.3 Å². The number of carboxylic acids is 1. The Morgan fingerprint density at radius 1 is 1.21 bits per heavy atom. The summed E-state index contributed by atoms with van der Waals surface area (Å²) in [7, 11) is 0. The van der Waals surface area contributed by atoms with E-state index in [9.17, 15) is 9.59 Å². The molecule has 0 spiro atoms. The molecule has 2 N–H and O–H groups in total. The zero-order valence-electron chi connectivity index (χ0n) is 13.2. The highest BCUT2D eigenvalue weighted by molar-refractivity contribution is 6.00. The molecule has 0 saturated heterocycles. The predicted molar refractivity (Wildman–Crippen MR) is 84.5 cm³/mol. The van der Waals surface area contributed by atoms with Gasteiger partial charge in [-0.25, -0.2) is 4.79 Å². The lowest BCUT2D eigenvalue weighted by Gasteiger charge is -2.18. The molecule has 2 aromatic rings. The van der Waals surface area contributed by atoms with Gasteiger partial charge in [-0.05, 0) is 23.8 Å². The van der Waals surface area contributed by atoms with Gasteiger partial charge in [0.15, 0.2) is 0 Å². The summed E-state index contributed by atoms with van der Waals surface area (Å²) in [5.74, 6) is -3.98. The average Bonchev–Trinajstić information content (AvgIpc) is 2.88. The number of aliphatic carboxylic acids is 1. The molecule has 124 valence electrons. The van der Waals surface area contributed by atoms with E-state index in [2.05, 4.69) is 10.3 Å². The van der Waals surface area contributed by atoms with Crippen LogP contribution in [0.2, 0.25) is 0 Å². The first-order chi connectivity index (χ1) is 11.4. The number of carboxylic acid groups (broad SMARTS) is 1. The van der Waals surface area contributed by atoms with Gasteiger partial charge in [0.2, 0.25) is 11.5 Å². The molecule has 1 aliphatic rings. The van der Waals surface area contributed by atoms with Crippen molar-refractivity contribution in [3.63, 3.8) is 0 Å². The number of rotatable bonds is 4. The highest BCUT2D eigenvalue weighted by Gasteiger charge is 2.40. The van der Waals surface area contributed by atoms with E-state index in [-0.39, 0.29) is 12.3 Å². The zero-order valence-corrected chi connectivity index (χ0v) is 13.2.